The van der Waals surface area contributed by atoms with Gasteiger partial charge in [-0.25, -0.2) is 4.98 Å². The van der Waals surface area contributed by atoms with E-state index in [4.69, 9.17) is 21.1 Å². The van der Waals surface area contributed by atoms with Crippen LogP contribution in [0.15, 0.2) is 66.9 Å². The van der Waals surface area contributed by atoms with Crippen LogP contribution in [0.4, 0.5) is 23.1 Å². The zero-order valence-electron chi connectivity index (χ0n) is 22.7. The van der Waals surface area contributed by atoms with E-state index in [-0.39, 0.29) is 5.91 Å². The quantitative estimate of drug-likeness (QED) is 0.144. The third-order valence-corrected chi connectivity index (χ3v) is 7.46. The molecule has 2 aromatic carbocycles. The number of hydrogen-bond acceptors (Lipinski definition) is 8. The van der Waals surface area contributed by atoms with E-state index in [2.05, 4.69) is 20.6 Å². The molecule has 1 aromatic heterocycles. The summed E-state index contributed by atoms with van der Waals surface area (Å²) in [5, 5.41) is 7.42. The molecule has 1 heterocycles. The number of hydrogen-bond donors (Lipinski definition) is 2. The van der Waals surface area contributed by atoms with Crippen LogP contribution in [0.1, 0.15) is 13.3 Å². The van der Waals surface area contributed by atoms with Crippen molar-refractivity contribution in [2.24, 2.45) is 0 Å². The van der Waals surface area contributed by atoms with Gasteiger partial charge in [-0.05, 0) is 50.9 Å². The number of halogens is 1. The van der Waals surface area contributed by atoms with Gasteiger partial charge in [0.15, 0.2) is 5.82 Å². The monoisotopic (exact) mass is 571 g/mol. The average Bonchev–Trinajstić information content (AvgIpc) is 2.90. The zero-order valence-corrected chi connectivity index (χ0v) is 24.3. The summed E-state index contributed by atoms with van der Waals surface area (Å²) in [6, 6.07) is 14.8. The molecular weight excluding hydrogens is 537 g/mol. The van der Waals surface area contributed by atoms with Gasteiger partial charge >= 0.3 is 0 Å². The van der Waals surface area contributed by atoms with E-state index in [1.54, 1.807) is 31.4 Å². The van der Waals surface area contributed by atoms with Crippen molar-refractivity contribution in [3.8, 4) is 5.75 Å². The lowest BCUT2D eigenvalue weighted by Crippen LogP contribution is -2.31. The van der Waals surface area contributed by atoms with Crippen LogP contribution in [-0.4, -0.2) is 67.5 Å². The molecule has 0 atom stereocenters. The van der Waals surface area contributed by atoms with Crippen molar-refractivity contribution < 1.29 is 18.8 Å². The molecule has 3 aromatic rings. The standard InChI is InChI=1S/C28H35ClN5O4P/c1-5-34(26(35)15-9-17-37-2)16-10-18-38-22-12-8-11-21(19-22)31-28-30-20-23(29)27(33-28)32-24-13-6-7-14-25(24)39(3,4)36/h6-9,11-15,19-20H,5,10,16-18H2,1-4H3,(H2,30,31,32,33)/b15-9+. The molecule has 0 spiro atoms. The van der Waals surface area contributed by atoms with Crippen molar-refractivity contribution in [3.63, 3.8) is 0 Å². The maximum atomic E-state index is 12.7. The molecule has 39 heavy (non-hydrogen) atoms. The lowest BCUT2D eigenvalue weighted by Gasteiger charge is -2.19. The van der Waals surface area contributed by atoms with Crippen LogP contribution in [0.25, 0.3) is 0 Å². The molecule has 11 heteroatoms. The molecule has 0 radical (unpaired) electrons. The number of ether oxygens (including phenoxy) is 2. The number of anilines is 4. The molecule has 208 valence electrons. The Labute approximate surface area is 235 Å². The Morgan fingerprint density at radius 1 is 1.15 bits per heavy atom. The van der Waals surface area contributed by atoms with Gasteiger partial charge in [-0.1, -0.05) is 35.9 Å². The van der Waals surface area contributed by atoms with Gasteiger partial charge in [-0.3, -0.25) is 4.79 Å². The van der Waals surface area contributed by atoms with Crippen LogP contribution in [-0.2, 0) is 14.1 Å². The minimum absolute atomic E-state index is 0.0422. The van der Waals surface area contributed by atoms with Crippen LogP contribution >= 0.6 is 18.7 Å². The number of rotatable bonds is 14. The zero-order chi connectivity index (χ0) is 28.3. The fourth-order valence-corrected chi connectivity index (χ4v) is 5.00. The van der Waals surface area contributed by atoms with E-state index in [1.807, 2.05) is 55.5 Å². The van der Waals surface area contributed by atoms with Gasteiger partial charge in [-0.15, -0.1) is 0 Å². The first kappa shape index (κ1) is 30.2. The summed E-state index contributed by atoms with van der Waals surface area (Å²) in [6.07, 6.45) is 5.43. The summed E-state index contributed by atoms with van der Waals surface area (Å²) in [7, 11) is -0.928. The number of nitrogens with one attached hydrogen (secondary N) is 2. The molecule has 0 fully saturated rings. The van der Waals surface area contributed by atoms with Crippen molar-refractivity contribution >= 4 is 53.1 Å². The third kappa shape index (κ3) is 9.39. The van der Waals surface area contributed by atoms with Crippen molar-refractivity contribution in [2.45, 2.75) is 13.3 Å². The Morgan fingerprint density at radius 3 is 2.69 bits per heavy atom. The first-order valence-corrected chi connectivity index (χ1v) is 15.6. The van der Waals surface area contributed by atoms with Gasteiger partial charge in [0, 0.05) is 43.3 Å². The minimum Gasteiger partial charge on any atom is -0.493 e. The molecule has 0 aliphatic heterocycles. The SMILES string of the molecule is CCN(CCCOc1cccc(Nc2ncc(Cl)c(Nc3ccccc3P(C)(C)=O)n2)c1)C(=O)/C=C/COC. The summed E-state index contributed by atoms with van der Waals surface area (Å²) in [4.78, 5) is 22.8. The van der Waals surface area contributed by atoms with Crippen LogP contribution in [0.3, 0.4) is 0 Å². The minimum atomic E-state index is -2.52. The number of nitrogens with zero attached hydrogens (tertiary/aromatic N) is 3. The smallest absolute Gasteiger partial charge is 0.246 e. The molecule has 0 saturated carbocycles. The van der Waals surface area contributed by atoms with Crippen LogP contribution in [0, 0.1) is 0 Å². The second-order valence-electron chi connectivity index (χ2n) is 9.01. The molecule has 0 bridgehead atoms. The number of aromatic nitrogens is 2. The van der Waals surface area contributed by atoms with Gasteiger partial charge in [0.2, 0.25) is 11.9 Å². The molecule has 2 N–H and O–H groups in total. The first-order chi connectivity index (χ1) is 18.7. The van der Waals surface area contributed by atoms with Gasteiger partial charge in [-0.2, -0.15) is 4.98 Å². The van der Waals surface area contributed by atoms with Crippen LogP contribution in [0.5, 0.6) is 5.75 Å². The van der Waals surface area contributed by atoms with E-state index in [9.17, 15) is 9.36 Å². The largest absolute Gasteiger partial charge is 0.493 e. The van der Waals surface area contributed by atoms with Crippen molar-refractivity contribution in [1.29, 1.82) is 0 Å². The van der Waals surface area contributed by atoms with E-state index in [0.717, 1.165) is 5.69 Å². The lowest BCUT2D eigenvalue weighted by atomic mass is 10.3. The topological polar surface area (TPSA) is 106 Å². The Bertz CT molecular complexity index is 1330. The molecular formula is C28H35ClN5O4P. The molecule has 0 unspecified atom stereocenters. The van der Waals surface area contributed by atoms with E-state index in [1.165, 1.54) is 12.3 Å². The van der Waals surface area contributed by atoms with E-state index < -0.39 is 7.14 Å². The van der Waals surface area contributed by atoms with Crippen LogP contribution < -0.4 is 20.7 Å². The number of methoxy groups -OCH3 is 1. The highest BCUT2D eigenvalue weighted by Crippen LogP contribution is 2.38. The third-order valence-electron chi connectivity index (χ3n) is 5.63. The van der Waals surface area contributed by atoms with E-state index in [0.29, 0.717) is 66.3 Å². The highest BCUT2D eigenvalue weighted by atomic mass is 35.5. The molecule has 0 saturated heterocycles. The second-order valence-corrected chi connectivity index (χ2v) is 12.6. The van der Waals surface area contributed by atoms with Gasteiger partial charge < -0.3 is 29.6 Å². The number of amides is 1. The highest BCUT2D eigenvalue weighted by Gasteiger charge is 2.17. The maximum Gasteiger partial charge on any atom is 0.246 e. The lowest BCUT2D eigenvalue weighted by molar-refractivity contribution is -0.126. The number of carbonyl (C=O) groups excluding carboxylic acids is 1. The highest BCUT2D eigenvalue weighted by molar-refractivity contribution is 7.70. The summed E-state index contributed by atoms with van der Waals surface area (Å²) in [5.41, 5.74) is 1.42. The van der Waals surface area contributed by atoms with E-state index >= 15 is 0 Å². The fraction of sp³-hybridized carbons (Fsp3) is 0.321. The first-order valence-electron chi connectivity index (χ1n) is 12.6. The molecule has 1 amide bonds. The number of likely N-dealkylation sites (N-methyl/N-ethyl adjacent to an activating group) is 1. The summed E-state index contributed by atoms with van der Waals surface area (Å²) in [5.74, 6) is 1.37. The normalized spacial score (nSPS) is 11.4. The predicted molar refractivity (Wildman–Crippen MR) is 159 cm³/mol. The number of carbonyl (C=O) groups is 1. The molecule has 0 aliphatic carbocycles. The Kier molecular flexibility index (Phi) is 11.3. The maximum absolute atomic E-state index is 12.7. The van der Waals surface area contributed by atoms with Crippen LogP contribution in [0.2, 0.25) is 5.02 Å². The summed E-state index contributed by atoms with van der Waals surface area (Å²) < 4.78 is 23.6. The van der Waals surface area contributed by atoms with Gasteiger partial charge in [0.05, 0.1) is 25.1 Å². The van der Waals surface area contributed by atoms with Gasteiger partial charge in [0.25, 0.3) is 0 Å². The number of benzene rings is 2. The predicted octanol–water partition coefficient (Wildman–Crippen LogP) is 5.69. The number of para-hydroxylation sites is 1. The molecule has 9 nitrogen and oxygen atoms in total. The fourth-order valence-electron chi connectivity index (χ4n) is 3.70. The molecule has 3 rings (SSSR count). The summed E-state index contributed by atoms with van der Waals surface area (Å²) >= 11 is 6.36. The summed E-state index contributed by atoms with van der Waals surface area (Å²) in [6.45, 7) is 7.46. The Balaban J connectivity index is 1.60. The second kappa shape index (κ2) is 14.7. The van der Waals surface area contributed by atoms with Crippen molar-refractivity contribution in [1.82, 2.24) is 14.9 Å². The average molecular weight is 572 g/mol. The van der Waals surface area contributed by atoms with Crippen molar-refractivity contribution in [3.05, 3.63) is 71.9 Å². The van der Waals surface area contributed by atoms with Crippen molar-refractivity contribution in [2.75, 3.05) is 57.4 Å². The van der Waals surface area contributed by atoms with Gasteiger partial charge in [0.1, 0.15) is 17.9 Å². The molecule has 0 aliphatic rings. The Morgan fingerprint density at radius 2 is 1.95 bits per heavy atom. The Hall–Kier alpha value is -3.39.